The Morgan fingerprint density at radius 3 is 2.40 bits per heavy atom. The molecule has 0 N–H and O–H groups in total. The van der Waals surface area contributed by atoms with Crippen molar-refractivity contribution in [2.24, 2.45) is 0 Å². The average Bonchev–Trinajstić information content (AvgIpc) is 2.90. The molecule has 20 heavy (non-hydrogen) atoms. The second-order valence-electron chi connectivity index (χ2n) is 4.22. The minimum absolute atomic E-state index is 0.322. The van der Waals surface area contributed by atoms with Crippen molar-refractivity contribution in [2.45, 2.75) is 20.4 Å². The van der Waals surface area contributed by atoms with E-state index in [-0.39, 0.29) is 0 Å². The summed E-state index contributed by atoms with van der Waals surface area (Å²) >= 11 is 0. The van der Waals surface area contributed by atoms with E-state index in [4.69, 9.17) is 9.05 Å². The molecule has 108 valence electrons. The quantitative estimate of drug-likeness (QED) is 0.737. The number of hydrogen-bond acceptors (Lipinski definition) is 4. The minimum atomic E-state index is -3.29. The fraction of sp³-hybridized carbons (Fsp3) is 0.357. The summed E-state index contributed by atoms with van der Waals surface area (Å²) in [6, 6.07) is 10.0. The van der Waals surface area contributed by atoms with Crippen molar-refractivity contribution >= 4 is 13.0 Å². The summed E-state index contributed by atoms with van der Waals surface area (Å²) in [5.74, 6) is 0. The van der Waals surface area contributed by atoms with Crippen LogP contribution in [0.2, 0.25) is 0 Å². The van der Waals surface area contributed by atoms with Crippen molar-refractivity contribution in [3.05, 3.63) is 48.4 Å². The molecule has 0 bridgehead atoms. The molecule has 0 aliphatic heterocycles. The highest BCUT2D eigenvalue weighted by atomic mass is 31.2. The summed E-state index contributed by atoms with van der Waals surface area (Å²) in [6.07, 6.45) is 3.37. The smallest absolute Gasteiger partial charge is 0.332 e. The zero-order chi connectivity index (χ0) is 14.4. The number of rotatable bonds is 7. The van der Waals surface area contributed by atoms with Gasteiger partial charge in [0.25, 0.3) is 0 Å². The van der Waals surface area contributed by atoms with Crippen LogP contribution in [0.1, 0.15) is 19.4 Å². The monoisotopic (exact) mass is 294 g/mol. The van der Waals surface area contributed by atoms with Gasteiger partial charge in [-0.3, -0.25) is 4.57 Å². The Labute approximate surface area is 119 Å². The van der Waals surface area contributed by atoms with Crippen molar-refractivity contribution in [3.8, 4) is 0 Å². The number of hydrogen-bond donors (Lipinski definition) is 0. The van der Waals surface area contributed by atoms with Crippen LogP contribution in [-0.2, 0) is 20.2 Å². The molecule has 0 amide bonds. The summed E-state index contributed by atoms with van der Waals surface area (Å²) in [7, 11) is -3.29. The van der Waals surface area contributed by atoms with E-state index in [1.54, 1.807) is 26.4 Å². The van der Waals surface area contributed by atoms with E-state index in [9.17, 15) is 4.57 Å². The van der Waals surface area contributed by atoms with E-state index < -0.39 is 7.60 Å². The Kier molecular flexibility index (Phi) is 5.12. The van der Waals surface area contributed by atoms with Gasteiger partial charge in [-0.25, -0.2) is 4.98 Å². The largest absolute Gasteiger partial charge is 0.381 e. The second kappa shape index (κ2) is 6.84. The zero-order valence-electron chi connectivity index (χ0n) is 11.7. The second-order valence-corrected chi connectivity index (χ2v) is 6.19. The maximum atomic E-state index is 12.6. The predicted octanol–water partition coefficient (Wildman–Crippen LogP) is 2.82. The first-order chi connectivity index (χ1) is 9.68. The Bertz CT molecular complexity index is 573. The fourth-order valence-corrected chi connectivity index (χ4v) is 3.38. The van der Waals surface area contributed by atoms with E-state index in [1.807, 2.05) is 34.9 Å². The van der Waals surface area contributed by atoms with Gasteiger partial charge in [-0.1, -0.05) is 30.3 Å². The van der Waals surface area contributed by atoms with Gasteiger partial charge in [0.2, 0.25) is 0 Å². The molecule has 0 saturated carbocycles. The van der Waals surface area contributed by atoms with Crippen molar-refractivity contribution < 1.29 is 13.6 Å². The molecule has 0 spiro atoms. The lowest BCUT2D eigenvalue weighted by Crippen LogP contribution is -2.11. The van der Waals surface area contributed by atoms with Gasteiger partial charge in [0.1, 0.15) is 0 Å². The molecule has 1 heterocycles. The van der Waals surface area contributed by atoms with Crippen LogP contribution >= 0.6 is 7.60 Å². The first kappa shape index (κ1) is 15.0. The van der Waals surface area contributed by atoms with Gasteiger partial charge in [-0.2, -0.15) is 0 Å². The Hall–Kier alpha value is -1.42. The van der Waals surface area contributed by atoms with Gasteiger partial charge in [0, 0.05) is 12.7 Å². The maximum Gasteiger partial charge on any atom is 0.381 e. The molecule has 0 unspecified atom stereocenters. The van der Waals surface area contributed by atoms with Gasteiger partial charge >= 0.3 is 7.60 Å². The van der Waals surface area contributed by atoms with E-state index >= 15 is 0 Å². The first-order valence-electron chi connectivity index (χ1n) is 6.63. The normalized spacial score (nSPS) is 11.7. The Morgan fingerprint density at radius 1 is 1.15 bits per heavy atom. The molecule has 0 aliphatic carbocycles. The minimum Gasteiger partial charge on any atom is -0.332 e. The van der Waals surface area contributed by atoms with E-state index in [1.165, 1.54) is 0 Å². The molecule has 0 radical (unpaired) electrons. The molecule has 1 aromatic carbocycles. The number of imidazole rings is 1. The highest BCUT2D eigenvalue weighted by Crippen LogP contribution is 2.46. The van der Waals surface area contributed by atoms with Crippen LogP contribution in [0.4, 0.5) is 0 Å². The lowest BCUT2D eigenvalue weighted by atomic mass is 10.2. The molecule has 0 aliphatic rings. The predicted molar refractivity (Wildman–Crippen MR) is 78.3 cm³/mol. The van der Waals surface area contributed by atoms with Gasteiger partial charge in [-0.15, -0.1) is 0 Å². The third-order valence-electron chi connectivity index (χ3n) is 2.71. The van der Waals surface area contributed by atoms with Crippen LogP contribution in [0.3, 0.4) is 0 Å². The molecule has 5 nitrogen and oxygen atoms in total. The standard InChI is InChI=1S/C14H19N2O3P/c1-3-18-20(17,19-4-2)14-11-16(12-15-14)10-13-8-6-5-7-9-13/h5-9,11-12H,3-4,10H2,1-2H3. The van der Waals surface area contributed by atoms with E-state index in [0.717, 1.165) is 5.56 Å². The lowest BCUT2D eigenvalue weighted by molar-refractivity contribution is 0.229. The van der Waals surface area contributed by atoms with Gasteiger partial charge in [0.05, 0.1) is 19.5 Å². The molecule has 0 saturated heterocycles. The van der Waals surface area contributed by atoms with Gasteiger partial charge < -0.3 is 13.6 Å². The summed E-state index contributed by atoms with van der Waals surface area (Å²) in [5, 5.41) is 0. The molecule has 2 aromatic rings. The average molecular weight is 294 g/mol. The Morgan fingerprint density at radius 2 is 1.80 bits per heavy atom. The summed E-state index contributed by atoms with van der Waals surface area (Å²) < 4.78 is 25.0. The molecule has 0 atom stereocenters. The molecular weight excluding hydrogens is 275 g/mol. The molecular formula is C14H19N2O3P. The van der Waals surface area contributed by atoms with Crippen molar-refractivity contribution in [1.82, 2.24) is 9.55 Å². The van der Waals surface area contributed by atoms with Crippen molar-refractivity contribution in [2.75, 3.05) is 13.2 Å². The van der Waals surface area contributed by atoms with Gasteiger partial charge in [-0.05, 0) is 19.4 Å². The molecule has 2 rings (SSSR count). The number of benzene rings is 1. The Balaban J connectivity index is 2.17. The van der Waals surface area contributed by atoms with Crippen LogP contribution in [0.5, 0.6) is 0 Å². The highest BCUT2D eigenvalue weighted by molar-refractivity contribution is 7.61. The summed E-state index contributed by atoms with van der Waals surface area (Å²) in [4.78, 5) is 4.17. The van der Waals surface area contributed by atoms with E-state index in [2.05, 4.69) is 4.98 Å². The molecule has 0 fully saturated rings. The third kappa shape index (κ3) is 3.57. The summed E-state index contributed by atoms with van der Waals surface area (Å²) in [5.41, 5.74) is 1.51. The SMILES string of the molecule is CCOP(=O)(OCC)c1cn(Cc2ccccc2)cn1. The van der Waals surface area contributed by atoms with E-state index in [0.29, 0.717) is 25.2 Å². The fourth-order valence-electron chi connectivity index (χ4n) is 1.88. The molecule has 6 heteroatoms. The zero-order valence-corrected chi connectivity index (χ0v) is 12.6. The molecule has 1 aromatic heterocycles. The van der Waals surface area contributed by atoms with Crippen molar-refractivity contribution in [3.63, 3.8) is 0 Å². The number of aromatic nitrogens is 2. The summed E-state index contributed by atoms with van der Waals surface area (Å²) in [6.45, 7) is 4.89. The van der Waals surface area contributed by atoms with Crippen LogP contribution in [0, 0.1) is 0 Å². The van der Waals surface area contributed by atoms with Crippen LogP contribution in [-0.4, -0.2) is 22.8 Å². The third-order valence-corrected chi connectivity index (χ3v) is 4.69. The number of nitrogens with zero attached hydrogens (tertiary/aromatic N) is 2. The van der Waals surface area contributed by atoms with Crippen LogP contribution < -0.4 is 5.44 Å². The van der Waals surface area contributed by atoms with Crippen LogP contribution in [0.15, 0.2) is 42.9 Å². The lowest BCUT2D eigenvalue weighted by Gasteiger charge is -2.14. The first-order valence-corrected chi connectivity index (χ1v) is 8.17. The maximum absolute atomic E-state index is 12.6. The van der Waals surface area contributed by atoms with Crippen molar-refractivity contribution in [1.29, 1.82) is 0 Å². The highest BCUT2D eigenvalue weighted by Gasteiger charge is 2.29. The topological polar surface area (TPSA) is 53.4 Å². The van der Waals surface area contributed by atoms with Gasteiger partial charge in [0.15, 0.2) is 5.44 Å². The van der Waals surface area contributed by atoms with Crippen LogP contribution in [0.25, 0.3) is 0 Å².